The molecule has 1 N–H and O–H groups in total. The first kappa shape index (κ1) is 20.8. The van der Waals surface area contributed by atoms with Crippen molar-refractivity contribution in [1.29, 1.82) is 0 Å². The van der Waals surface area contributed by atoms with Gasteiger partial charge in [0.05, 0.1) is 7.11 Å². The van der Waals surface area contributed by atoms with Crippen LogP contribution in [0.2, 0.25) is 0 Å². The molecule has 0 saturated heterocycles. The number of benzene rings is 1. The lowest BCUT2D eigenvalue weighted by Gasteiger charge is -2.25. The summed E-state index contributed by atoms with van der Waals surface area (Å²) in [6.07, 6.45) is 0.613. The zero-order valence-electron chi connectivity index (χ0n) is 16.1. The largest absolute Gasteiger partial charge is 0.497 e. The maximum absolute atomic E-state index is 12.2. The monoisotopic (exact) mass is 350 g/mol. The number of alkyl carbamates (subject to hydrolysis) is 1. The molecular weight excluding hydrogens is 320 g/mol. The van der Waals surface area contributed by atoms with Crippen LogP contribution in [0.15, 0.2) is 24.3 Å². The molecule has 1 rings (SSSR count). The summed E-state index contributed by atoms with van der Waals surface area (Å²) in [4.78, 5) is 25.6. The Balaban J connectivity index is 2.38. The number of carbonyl (C=O) groups excluding carboxylic acids is 2. The minimum absolute atomic E-state index is 0.0358. The third kappa shape index (κ3) is 8.42. The molecule has 0 fully saturated rings. The Hall–Kier alpha value is -2.24. The van der Waals surface area contributed by atoms with Gasteiger partial charge < -0.3 is 19.7 Å². The molecular formula is C19H30N2O4. The second kappa shape index (κ2) is 9.30. The molecule has 0 radical (unpaired) electrons. The SMILES string of the molecule is COc1ccc(CCC(=O)N(C)C[C@@H](C)NC(=O)OC(C)(C)C)cc1. The number of hydrogen-bond acceptors (Lipinski definition) is 4. The summed E-state index contributed by atoms with van der Waals surface area (Å²) >= 11 is 0. The normalized spacial score (nSPS) is 12.2. The van der Waals surface area contributed by atoms with Crippen molar-refractivity contribution in [2.45, 2.75) is 52.2 Å². The topological polar surface area (TPSA) is 67.9 Å². The summed E-state index contributed by atoms with van der Waals surface area (Å²) in [5, 5.41) is 2.74. The molecule has 1 aromatic carbocycles. The smallest absolute Gasteiger partial charge is 0.407 e. The average Bonchev–Trinajstić information content (AvgIpc) is 2.50. The molecule has 6 nitrogen and oxygen atoms in total. The van der Waals surface area contributed by atoms with E-state index >= 15 is 0 Å². The fraction of sp³-hybridized carbons (Fsp3) is 0.579. The van der Waals surface area contributed by atoms with Crippen LogP contribution >= 0.6 is 0 Å². The number of hydrogen-bond donors (Lipinski definition) is 1. The van der Waals surface area contributed by atoms with Crippen molar-refractivity contribution in [1.82, 2.24) is 10.2 Å². The van der Waals surface area contributed by atoms with Crippen LogP contribution in [0, 0.1) is 0 Å². The summed E-state index contributed by atoms with van der Waals surface area (Å²) in [7, 11) is 3.36. The Morgan fingerprint density at radius 3 is 2.32 bits per heavy atom. The Morgan fingerprint density at radius 1 is 1.20 bits per heavy atom. The Kier molecular flexibility index (Phi) is 7.74. The molecule has 0 spiro atoms. The Morgan fingerprint density at radius 2 is 1.80 bits per heavy atom. The number of rotatable bonds is 7. The summed E-state index contributed by atoms with van der Waals surface area (Å²) in [5.74, 6) is 0.836. The number of nitrogens with one attached hydrogen (secondary N) is 1. The summed E-state index contributed by atoms with van der Waals surface area (Å²) in [5.41, 5.74) is 0.548. The molecule has 0 heterocycles. The van der Waals surface area contributed by atoms with E-state index in [2.05, 4.69) is 5.32 Å². The van der Waals surface area contributed by atoms with Crippen molar-refractivity contribution in [2.75, 3.05) is 20.7 Å². The van der Waals surface area contributed by atoms with Gasteiger partial charge in [-0.15, -0.1) is 0 Å². The van der Waals surface area contributed by atoms with E-state index in [1.54, 1.807) is 19.1 Å². The maximum Gasteiger partial charge on any atom is 0.407 e. The lowest BCUT2D eigenvalue weighted by molar-refractivity contribution is -0.130. The van der Waals surface area contributed by atoms with E-state index < -0.39 is 11.7 Å². The molecule has 6 heteroatoms. The van der Waals surface area contributed by atoms with Gasteiger partial charge in [0.2, 0.25) is 5.91 Å². The van der Waals surface area contributed by atoms with E-state index in [4.69, 9.17) is 9.47 Å². The summed E-state index contributed by atoms with van der Waals surface area (Å²) in [6.45, 7) is 7.71. The summed E-state index contributed by atoms with van der Waals surface area (Å²) < 4.78 is 10.3. The molecule has 1 aromatic rings. The van der Waals surface area contributed by atoms with Gasteiger partial charge in [0.25, 0.3) is 0 Å². The molecule has 0 saturated carbocycles. The second-order valence-corrected chi connectivity index (χ2v) is 7.17. The van der Waals surface area contributed by atoms with Gasteiger partial charge in [-0.2, -0.15) is 0 Å². The number of aryl methyl sites for hydroxylation is 1. The Labute approximate surface area is 150 Å². The first-order chi connectivity index (χ1) is 11.6. The molecule has 0 aromatic heterocycles. The quantitative estimate of drug-likeness (QED) is 0.821. The van der Waals surface area contributed by atoms with E-state index in [1.165, 1.54) is 0 Å². The number of nitrogens with zero attached hydrogens (tertiary/aromatic N) is 1. The van der Waals surface area contributed by atoms with Gasteiger partial charge in [-0.1, -0.05) is 12.1 Å². The van der Waals surface area contributed by atoms with Crippen LogP contribution in [-0.2, 0) is 16.0 Å². The van der Waals surface area contributed by atoms with Crippen LogP contribution in [0.3, 0.4) is 0 Å². The minimum Gasteiger partial charge on any atom is -0.497 e. The number of methoxy groups -OCH3 is 1. The molecule has 140 valence electrons. The van der Waals surface area contributed by atoms with E-state index in [0.717, 1.165) is 11.3 Å². The highest BCUT2D eigenvalue weighted by Crippen LogP contribution is 2.13. The molecule has 0 aliphatic rings. The predicted molar refractivity (Wildman–Crippen MR) is 97.8 cm³/mol. The van der Waals surface area contributed by atoms with Crippen LogP contribution < -0.4 is 10.1 Å². The van der Waals surface area contributed by atoms with Crippen LogP contribution in [-0.4, -0.2) is 49.2 Å². The van der Waals surface area contributed by atoms with E-state index in [-0.39, 0.29) is 11.9 Å². The van der Waals surface area contributed by atoms with Crippen LogP contribution in [0.5, 0.6) is 5.75 Å². The first-order valence-corrected chi connectivity index (χ1v) is 8.47. The fourth-order valence-corrected chi connectivity index (χ4v) is 2.30. The van der Waals surface area contributed by atoms with Crippen molar-refractivity contribution in [3.63, 3.8) is 0 Å². The van der Waals surface area contributed by atoms with Gasteiger partial charge in [0.15, 0.2) is 0 Å². The molecule has 0 bridgehead atoms. The third-order valence-electron chi connectivity index (χ3n) is 3.52. The Bertz CT molecular complexity index is 564. The number of carbonyl (C=O) groups is 2. The van der Waals surface area contributed by atoms with Gasteiger partial charge in [0.1, 0.15) is 11.4 Å². The van der Waals surface area contributed by atoms with Crippen LogP contribution in [0.4, 0.5) is 4.79 Å². The third-order valence-corrected chi connectivity index (χ3v) is 3.52. The van der Waals surface area contributed by atoms with Gasteiger partial charge >= 0.3 is 6.09 Å². The highest BCUT2D eigenvalue weighted by Gasteiger charge is 2.19. The molecule has 0 aliphatic heterocycles. The lowest BCUT2D eigenvalue weighted by atomic mass is 10.1. The van der Waals surface area contributed by atoms with Crippen molar-refractivity contribution >= 4 is 12.0 Å². The van der Waals surface area contributed by atoms with Crippen LogP contribution in [0.1, 0.15) is 39.7 Å². The standard InChI is InChI=1S/C19H30N2O4/c1-14(20-18(23)25-19(2,3)4)13-21(5)17(22)12-9-15-7-10-16(24-6)11-8-15/h7-8,10-11,14H,9,12-13H2,1-6H3,(H,20,23)/t14-/m1/s1. The van der Waals surface area contributed by atoms with Crippen LogP contribution in [0.25, 0.3) is 0 Å². The zero-order valence-corrected chi connectivity index (χ0v) is 16.1. The molecule has 25 heavy (non-hydrogen) atoms. The van der Waals surface area contributed by atoms with Crippen molar-refractivity contribution < 1.29 is 19.1 Å². The molecule has 1 atom stereocenters. The van der Waals surface area contributed by atoms with Crippen molar-refractivity contribution in [3.05, 3.63) is 29.8 Å². The second-order valence-electron chi connectivity index (χ2n) is 7.17. The zero-order chi connectivity index (χ0) is 19.0. The minimum atomic E-state index is -0.538. The molecule has 0 aliphatic carbocycles. The molecule has 2 amide bonds. The van der Waals surface area contributed by atoms with Gasteiger partial charge in [-0.05, 0) is 51.8 Å². The van der Waals surface area contributed by atoms with E-state index in [9.17, 15) is 9.59 Å². The highest BCUT2D eigenvalue weighted by atomic mass is 16.6. The lowest BCUT2D eigenvalue weighted by Crippen LogP contribution is -2.44. The molecule has 0 unspecified atom stereocenters. The first-order valence-electron chi connectivity index (χ1n) is 8.47. The van der Waals surface area contributed by atoms with Gasteiger partial charge in [-0.25, -0.2) is 4.79 Å². The van der Waals surface area contributed by atoms with Crippen molar-refractivity contribution in [2.24, 2.45) is 0 Å². The predicted octanol–water partition coefficient (Wildman–Crippen LogP) is 3.00. The summed E-state index contributed by atoms with van der Waals surface area (Å²) in [6, 6.07) is 7.49. The highest BCUT2D eigenvalue weighted by molar-refractivity contribution is 5.76. The van der Waals surface area contributed by atoms with Gasteiger partial charge in [0, 0.05) is 26.1 Å². The fourth-order valence-electron chi connectivity index (χ4n) is 2.30. The number of ether oxygens (including phenoxy) is 2. The van der Waals surface area contributed by atoms with Gasteiger partial charge in [-0.3, -0.25) is 4.79 Å². The van der Waals surface area contributed by atoms with Crippen molar-refractivity contribution in [3.8, 4) is 5.75 Å². The average molecular weight is 350 g/mol. The number of likely N-dealkylation sites (N-methyl/N-ethyl adjacent to an activating group) is 1. The number of amides is 2. The van der Waals surface area contributed by atoms with E-state index in [1.807, 2.05) is 52.0 Å². The maximum atomic E-state index is 12.2. The van der Waals surface area contributed by atoms with E-state index in [0.29, 0.717) is 19.4 Å².